The molecule has 4 rings (SSSR count). The summed E-state index contributed by atoms with van der Waals surface area (Å²) >= 11 is 0. The fourth-order valence-corrected chi connectivity index (χ4v) is 4.84. The van der Waals surface area contributed by atoms with Crippen LogP contribution in [0.25, 0.3) is 0 Å². The predicted molar refractivity (Wildman–Crippen MR) is 116 cm³/mol. The number of anilines is 2. The Hall–Kier alpha value is -2.21. The predicted octanol–water partition coefficient (Wildman–Crippen LogP) is 4.45. The highest BCUT2D eigenvalue weighted by molar-refractivity contribution is 5.69. The fraction of sp³-hybridized carbons (Fsp3) is 0.565. The van der Waals surface area contributed by atoms with Crippen LogP contribution in [0, 0.1) is 11.7 Å². The summed E-state index contributed by atoms with van der Waals surface area (Å²) in [7, 11) is 0. The first kappa shape index (κ1) is 20.1. The van der Waals surface area contributed by atoms with Crippen molar-refractivity contribution in [3.8, 4) is 0 Å². The molecule has 2 fully saturated rings. The van der Waals surface area contributed by atoms with Crippen molar-refractivity contribution in [3.63, 3.8) is 0 Å². The van der Waals surface area contributed by atoms with E-state index in [2.05, 4.69) is 27.1 Å². The van der Waals surface area contributed by atoms with Gasteiger partial charge in [0.25, 0.3) is 0 Å². The van der Waals surface area contributed by atoms with Crippen LogP contribution >= 0.6 is 0 Å². The summed E-state index contributed by atoms with van der Waals surface area (Å²) in [4.78, 5) is 11.3. The maximum absolute atomic E-state index is 14.4. The molecule has 1 aliphatic carbocycles. The second kappa shape index (κ2) is 9.08. The molecule has 2 aromatic heterocycles. The van der Waals surface area contributed by atoms with Gasteiger partial charge in [-0.25, -0.2) is 4.39 Å². The van der Waals surface area contributed by atoms with Crippen molar-refractivity contribution in [2.75, 3.05) is 23.3 Å². The van der Waals surface area contributed by atoms with E-state index in [9.17, 15) is 4.39 Å². The van der Waals surface area contributed by atoms with Crippen molar-refractivity contribution >= 4 is 11.4 Å². The third-order valence-electron chi connectivity index (χ3n) is 6.21. The van der Waals surface area contributed by atoms with E-state index >= 15 is 0 Å². The lowest BCUT2D eigenvalue weighted by Gasteiger charge is -2.37. The normalized spacial score (nSPS) is 23.2. The Bertz CT molecular complexity index is 811. The first-order valence-corrected chi connectivity index (χ1v) is 10.9. The van der Waals surface area contributed by atoms with Gasteiger partial charge in [-0.05, 0) is 43.4 Å². The quantitative estimate of drug-likeness (QED) is 0.780. The van der Waals surface area contributed by atoms with Crippen molar-refractivity contribution in [1.29, 1.82) is 0 Å². The number of halogens is 1. The van der Waals surface area contributed by atoms with Gasteiger partial charge in [0.15, 0.2) is 0 Å². The van der Waals surface area contributed by atoms with E-state index in [1.165, 1.54) is 19.3 Å². The lowest BCUT2D eigenvalue weighted by atomic mass is 9.86. The molecule has 0 amide bonds. The van der Waals surface area contributed by atoms with Crippen LogP contribution < -0.4 is 16.0 Å². The van der Waals surface area contributed by atoms with Crippen LogP contribution in [0.4, 0.5) is 15.8 Å². The molecule has 2 aliphatic rings. The Balaban J connectivity index is 1.48. The number of pyridine rings is 2. The van der Waals surface area contributed by atoms with Crippen LogP contribution in [0.2, 0.25) is 0 Å². The monoisotopic (exact) mass is 397 g/mol. The van der Waals surface area contributed by atoms with Crippen LogP contribution in [0.3, 0.4) is 0 Å². The standard InChI is InChI=1S/C23H32FN5/c1-16-11-18(25)15-29(14-16)22-9-10-26-13-21(22)27-12-19-7-8-20(24)23(28-19)17-5-3-2-4-6-17/h7-10,13,16-18,27H,2-6,11-12,14-15,25H2,1H3. The van der Waals surface area contributed by atoms with Crippen LogP contribution in [-0.4, -0.2) is 29.1 Å². The number of hydrogen-bond donors (Lipinski definition) is 2. The van der Waals surface area contributed by atoms with Crippen LogP contribution in [0.5, 0.6) is 0 Å². The molecule has 3 N–H and O–H groups in total. The van der Waals surface area contributed by atoms with Gasteiger partial charge >= 0.3 is 0 Å². The summed E-state index contributed by atoms with van der Waals surface area (Å²) in [6, 6.07) is 5.59. The van der Waals surface area contributed by atoms with E-state index in [-0.39, 0.29) is 17.8 Å². The Kier molecular flexibility index (Phi) is 6.28. The Morgan fingerprint density at radius 1 is 1.17 bits per heavy atom. The number of nitrogens with zero attached hydrogens (tertiary/aromatic N) is 3. The van der Waals surface area contributed by atoms with Gasteiger partial charge in [0, 0.05) is 31.2 Å². The zero-order chi connectivity index (χ0) is 20.2. The minimum absolute atomic E-state index is 0.168. The minimum atomic E-state index is -0.168. The topological polar surface area (TPSA) is 67.1 Å². The van der Waals surface area contributed by atoms with Gasteiger partial charge in [0.1, 0.15) is 5.82 Å². The molecule has 2 unspecified atom stereocenters. The van der Waals surface area contributed by atoms with E-state index in [0.29, 0.717) is 18.2 Å². The van der Waals surface area contributed by atoms with Crippen molar-refractivity contribution in [2.45, 2.75) is 64.0 Å². The van der Waals surface area contributed by atoms with Crippen LogP contribution in [-0.2, 0) is 6.54 Å². The third kappa shape index (κ3) is 4.86. The summed E-state index contributed by atoms with van der Waals surface area (Å²) in [5.74, 6) is 0.657. The maximum Gasteiger partial charge on any atom is 0.144 e. The molecule has 29 heavy (non-hydrogen) atoms. The number of piperidine rings is 1. The molecule has 6 heteroatoms. The van der Waals surface area contributed by atoms with E-state index in [0.717, 1.165) is 49.4 Å². The first-order chi connectivity index (χ1) is 14.1. The molecular weight excluding hydrogens is 365 g/mol. The summed E-state index contributed by atoms with van der Waals surface area (Å²) in [5, 5.41) is 3.48. The maximum atomic E-state index is 14.4. The molecule has 2 atom stereocenters. The lowest BCUT2D eigenvalue weighted by molar-refractivity contribution is 0.402. The lowest BCUT2D eigenvalue weighted by Crippen LogP contribution is -2.46. The van der Waals surface area contributed by atoms with Crippen LogP contribution in [0.1, 0.15) is 62.8 Å². The van der Waals surface area contributed by atoms with Gasteiger partial charge in [-0.1, -0.05) is 26.2 Å². The molecule has 3 heterocycles. The zero-order valence-corrected chi connectivity index (χ0v) is 17.3. The molecule has 0 aromatic carbocycles. The third-order valence-corrected chi connectivity index (χ3v) is 6.21. The SMILES string of the molecule is CC1CC(N)CN(c2ccncc2NCc2ccc(F)c(C3CCCCC3)n2)C1. The van der Waals surface area contributed by atoms with Gasteiger partial charge in [-0.2, -0.15) is 0 Å². The largest absolute Gasteiger partial charge is 0.376 e. The van der Waals surface area contributed by atoms with Gasteiger partial charge in [0.05, 0.1) is 35.5 Å². The van der Waals surface area contributed by atoms with E-state index in [4.69, 9.17) is 5.73 Å². The summed E-state index contributed by atoms with van der Waals surface area (Å²) in [5.41, 5.74) is 9.85. The average molecular weight is 398 g/mol. The second-order valence-corrected chi connectivity index (χ2v) is 8.76. The first-order valence-electron chi connectivity index (χ1n) is 10.9. The number of nitrogens with two attached hydrogens (primary N) is 1. The molecular formula is C23H32FN5. The molecule has 0 spiro atoms. The van der Waals surface area contributed by atoms with Gasteiger partial charge in [-0.3, -0.25) is 9.97 Å². The highest BCUT2D eigenvalue weighted by atomic mass is 19.1. The molecule has 156 valence electrons. The van der Waals surface area contributed by atoms with Gasteiger partial charge < -0.3 is 16.0 Å². The average Bonchev–Trinajstić information content (AvgIpc) is 2.73. The van der Waals surface area contributed by atoms with Crippen molar-refractivity contribution in [3.05, 3.63) is 47.8 Å². The Morgan fingerprint density at radius 2 is 2.00 bits per heavy atom. The number of nitrogens with one attached hydrogen (secondary N) is 1. The second-order valence-electron chi connectivity index (χ2n) is 8.76. The number of aromatic nitrogens is 2. The van der Waals surface area contributed by atoms with Crippen molar-refractivity contribution < 1.29 is 4.39 Å². The number of hydrogen-bond acceptors (Lipinski definition) is 5. The van der Waals surface area contributed by atoms with Crippen molar-refractivity contribution in [1.82, 2.24) is 9.97 Å². The van der Waals surface area contributed by atoms with E-state index < -0.39 is 0 Å². The molecule has 1 saturated carbocycles. The molecule has 2 aromatic rings. The minimum Gasteiger partial charge on any atom is -0.376 e. The van der Waals surface area contributed by atoms with E-state index in [1.807, 2.05) is 18.5 Å². The van der Waals surface area contributed by atoms with Gasteiger partial charge in [-0.15, -0.1) is 0 Å². The summed E-state index contributed by atoms with van der Waals surface area (Å²) < 4.78 is 14.4. The smallest absolute Gasteiger partial charge is 0.144 e. The molecule has 1 saturated heterocycles. The molecule has 1 aliphatic heterocycles. The zero-order valence-electron chi connectivity index (χ0n) is 17.3. The Morgan fingerprint density at radius 3 is 2.79 bits per heavy atom. The molecule has 0 radical (unpaired) electrons. The Labute approximate surface area is 172 Å². The highest BCUT2D eigenvalue weighted by Crippen LogP contribution is 2.33. The summed E-state index contributed by atoms with van der Waals surface area (Å²) in [6.45, 7) is 4.64. The number of rotatable bonds is 5. The molecule has 0 bridgehead atoms. The highest BCUT2D eigenvalue weighted by Gasteiger charge is 2.24. The van der Waals surface area contributed by atoms with Crippen LogP contribution in [0.15, 0.2) is 30.6 Å². The van der Waals surface area contributed by atoms with E-state index in [1.54, 1.807) is 12.1 Å². The molecule has 5 nitrogen and oxygen atoms in total. The van der Waals surface area contributed by atoms with Crippen molar-refractivity contribution in [2.24, 2.45) is 11.7 Å². The fourth-order valence-electron chi connectivity index (χ4n) is 4.84. The summed E-state index contributed by atoms with van der Waals surface area (Å²) in [6.07, 6.45) is 10.4. The van der Waals surface area contributed by atoms with Gasteiger partial charge in [0.2, 0.25) is 0 Å².